The Morgan fingerprint density at radius 2 is 2.00 bits per heavy atom. The maximum Gasteiger partial charge on any atom is 0.230 e. The summed E-state index contributed by atoms with van der Waals surface area (Å²) < 4.78 is 30.9. The molecule has 2 aromatic rings. The van der Waals surface area contributed by atoms with Crippen molar-refractivity contribution in [2.45, 2.75) is 26.5 Å². The zero-order valence-corrected chi connectivity index (χ0v) is 14.6. The molecule has 126 valence electrons. The minimum atomic E-state index is -3.37. The fourth-order valence-corrected chi connectivity index (χ4v) is 3.07. The van der Waals surface area contributed by atoms with E-state index < -0.39 is 10.0 Å². The molecule has 1 aliphatic heterocycles. The second-order valence-corrected chi connectivity index (χ2v) is 7.70. The highest BCUT2D eigenvalue weighted by molar-refractivity contribution is 7.92. The van der Waals surface area contributed by atoms with Gasteiger partial charge >= 0.3 is 0 Å². The normalized spacial score (nSPS) is 13.6. The molecule has 0 atom stereocenters. The van der Waals surface area contributed by atoms with E-state index in [1.165, 1.54) is 0 Å². The van der Waals surface area contributed by atoms with Crippen LogP contribution in [0.4, 0.5) is 5.82 Å². The van der Waals surface area contributed by atoms with Gasteiger partial charge in [0.2, 0.25) is 10.0 Å². The van der Waals surface area contributed by atoms with Gasteiger partial charge in [0.05, 0.1) is 24.6 Å². The molecule has 7 heteroatoms. The van der Waals surface area contributed by atoms with Crippen molar-refractivity contribution < 1.29 is 13.2 Å². The molecule has 1 N–H and O–H groups in total. The number of hydrogen-bond acceptors (Lipinski definition) is 5. The van der Waals surface area contributed by atoms with Crippen LogP contribution in [0.3, 0.4) is 0 Å². The number of hydrogen-bond donors (Lipinski definition) is 1. The lowest BCUT2D eigenvalue weighted by molar-refractivity contribution is 0.242. The highest BCUT2D eigenvalue weighted by Crippen LogP contribution is 2.28. The van der Waals surface area contributed by atoms with Gasteiger partial charge in [0, 0.05) is 17.3 Å². The van der Waals surface area contributed by atoms with Crippen molar-refractivity contribution >= 4 is 21.6 Å². The Morgan fingerprint density at radius 1 is 1.21 bits per heavy atom. The molecule has 0 unspecified atom stereocenters. The Morgan fingerprint density at radius 3 is 2.71 bits per heavy atom. The molecular formula is C17H19N3O3S. The van der Waals surface area contributed by atoms with E-state index in [1.54, 1.807) is 12.3 Å². The van der Waals surface area contributed by atoms with Gasteiger partial charge in [0.1, 0.15) is 11.6 Å². The van der Waals surface area contributed by atoms with Gasteiger partial charge in [-0.05, 0) is 43.7 Å². The number of sulfonamides is 1. The van der Waals surface area contributed by atoms with Crippen molar-refractivity contribution in [3.05, 3.63) is 53.2 Å². The first-order valence-electron chi connectivity index (χ1n) is 7.60. The number of ether oxygens (including phenoxy) is 1. The van der Waals surface area contributed by atoms with Gasteiger partial charge in [-0.1, -0.05) is 6.07 Å². The Balaban J connectivity index is 1.95. The SMILES string of the molecule is CC(C)Oc1ccc2c(c1)C(c1ccnc(NS(C)(=O)=O)c1)=NC2. The number of nitrogens with one attached hydrogen (secondary N) is 1. The zero-order chi connectivity index (χ0) is 17.3. The van der Waals surface area contributed by atoms with E-state index in [9.17, 15) is 8.42 Å². The standard InChI is InChI=1S/C17H19N3O3S/c1-11(2)23-14-5-4-13-10-19-17(15(13)9-14)12-6-7-18-16(8-12)20-24(3,21)22/h4-9,11H,10H2,1-3H3,(H,18,20). The van der Waals surface area contributed by atoms with Gasteiger partial charge in [-0.3, -0.25) is 9.71 Å². The van der Waals surface area contributed by atoms with Crippen molar-refractivity contribution in [3.63, 3.8) is 0 Å². The van der Waals surface area contributed by atoms with Crippen molar-refractivity contribution in [1.82, 2.24) is 4.98 Å². The molecule has 0 radical (unpaired) electrons. The van der Waals surface area contributed by atoms with Crippen LogP contribution in [-0.2, 0) is 16.6 Å². The zero-order valence-electron chi connectivity index (χ0n) is 13.8. The molecule has 1 aliphatic rings. The Kier molecular flexibility index (Phi) is 4.28. The van der Waals surface area contributed by atoms with Crippen molar-refractivity contribution in [2.75, 3.05) is 11.0 Å². The third-order valence-corrected chi connectivity index (χ3v) is 4.02. The molecule has 0 fully saturated rings. The molecule has 24 heavy (non-hydrogen) atoms. The maximum absolute atomic E-state index is 11.4. The summed E-state index contributed by atoms with van der Waals surface area (Å²) in [5.41, 5.74) is 3.76. The molecule has 1 aromatic heterocycles. The first-order valence-corrected chi connectivity index (χ1v) is 9.49. The first kappa shape index (κ1) is 16.4. The fraction of sp³-hybridized carbons (Fsp3) is 0.294. The quantitative estimate of drug-likeness (QED) is 0.903. The van der Waals surface area contributed by atoms with E-state index in [2.05, 4.69) is 14.7 Å². The summed E-state index contributed by atoms with van der Waals surface area (Å²) in [6, 6.07) is 9.44. The van der Waals surface area contributed by atoms with Crippen LogP contribution in [0.5, 0.6) is 5.75 Å². The lowest BCUT2D eigenvalue weighted by Crippen LogP contribution is -2.12. The molecule has 0 saturated heterocycles. The number of nitrogens with zero attached hydrogens (tertiary/aromatic N) is 2. The number of aromatic nitrogens is 1. The third-order valence-electron chi connectivity index (χ3n) is 3.44. The van der Waals surface area contributed by atoms with E-state index in [-0.39, 0.29) is 11.9 Å². The topological polar surface area (TPSA) is 80.6 Å². The summed E-state index contributed by atoms with van der Waals surface area (Å²) in [5.74, 6) is 1.07. The summed E-state index contributed by atoms with van der Waals surface area (Å²) in [6.07, 6.45) is 2.76. The predicted molar refractivity (Wildman–Crippen MR) is 94.3 cm³/mol. The third kappa shape index (κ3) is 3.73. The molecule has 0 aliphatic carbocycles. The summed E-state index contributed by atoms with van der Waals surface area (Å²) in [5, 5.41) is 0. The molecule has 0 spiro atoms. The highest BCUT2D eigenvalue weighted by atomic mass is 32.2. The fourth-order valence-electron chi connectivity index (χ4n) is 2.58. The minimum Gasteiger partial charge on any atom is -0.491 e. The van der Waals surface area contributed by atoms with Crippen LogP contribution >= 0.6 is 0 Å². The molecule has 6 nitrogen and oxygen atoms in total. The Labute approximate surface area is 141 Å². The van der Waals surface area contributed by atoms with Crippen molar-refractivity contribution in [3.8, 4) is 5.75 Å². The van der Waals surface area contributed by atoms with Gasteiger partial charge in [-0.25, -0.2) is 13.4 Å². The first-order chi connectivity index (χ1) is 11.3. The summed E-state index contributed by atoms with van der Waals surface area (Å²) in [7, 11) is -3.37. The van der Waals surface area contributed by atoms with Crippen molar-refractivity contribution in [2.24, 2.45) is 4.99 Å². The number of benzene rings is 1. The van der Waals surface area contributed by atoms with Crippen LogP contribution in [0.2, 0.25) is 0 Å². The summed E-state index contributed by atoms with van der Waals surface area (Å²) >= 11 is 0. The Hall–Kier alpha value is -2.41. The van der Waals surface area contributed by atoms with Gasteiger partial charge < -0.3 is 4.74 Å². The summed E-state index contributed by atoms with van der Waals surface area (Å²) in [4.78, 5) is 8.63. The number of aliphatic imine (C=N–C) groups is 1. The molecule has 3 rings (SSSR count). The molecule has 1 aromatic carbocycles. The van der Waals surface area contributed by atoms with Crippen LogP contribution in [0.15, 0.2) is 41.5 Å². The van der Waals surface area contributed by atoms with Gasteiger partial charge in [0.15, 0.2) is 0 Å². The van der Waals surface area contributed by atoms with Crippen molar-refractivity contribution in [1.29, 1.82) is 0 Å². The van der Waals surface area contributed by atoms with Gasteiger partial charge in [0.25, 0.3) is 0 Å². The second kappa shape index (κ2) is 6.24. The van der Waals surface area contributed by atoms with E-state index >= 15 is 0 Å². The minimum absolute atomic E-state index is 0.0938. The lowest BCUT2D eigenvalue weighted by Gasteiger charge is -2.12. The second-order valence-electron chi connectivity index (χ2n) is 5.95. The van der Waals surface area contributed by atoms with E-state index in [0.29, 0.717) is 6.54 Å². The number of fused-ring (bicyclic) bond motifs is 1. The Bertz CT molecular complexity index is 905. The highest BCUT2D eigenvalue weighted by Gasteiger charge is 2.19. The van der Waals surface area contributed by atoms with Crippen LogP contribution in [0.1, 0.15) is 30.5 Å². The lowest BCUT2D eigenvalue weighted by atomic mass is 10.0. The molecular weight excluding hydrogens is 326 g/mol. The van der Waals surface area contributed by atoms with Crippen LogP contribution in [0.25, 0.3) is 0 Å². The summed E-state index contributed by atoms with van der Waals surface area (Å²) in [6.45, 7) is 4.56. The van der Waals surface area contributed by atoms with Crippen LogP contribution in [-0.4, -0.2) is 31.5 Å². The van der Waals surface area contributed by atoms with Crippen LogP contribution < -0.4 is 9.46 Å². The van der Waals surface area contributed by atoms with Gasteiger partial charge in [-0.2, -0.15) is 0 Å². The molecule has 0 saturated carbocycles. The predicted octanol–water partition coefficient (Wildman–Crippen LogP) is 2.59. The average molecular weight is 345 g/mol. The number of pyridine rings is 1. The van der Waals surface area contributed by atoms with E-state index in [4.69, 9.17) is 4.74 Å². The number of rotatable bonds is 5. The largest absolute Gasteiger partial charge is 0.491 e. The molecule has 2 heterocycles. The van der Waals surface area contributed by atoms with Gasteiger partial charge in [-0.15, -0.1) is 0 Å². The average Bonchev–Trinajstić information content (AvgIpc) is 2.88. The molecule has 0 amide bonds. The monoisotopic (exact) mass is 345 g/mol. The van der Waals surface area contributed by atoms with E-state index in [0.717, 1.165) is 34.4 Å². The molecule has 0 bridgehead atoms. The number of anilines is 1. The maximum atomic E-state index is 11.4. The van der Waals surface area contributed by atoms with Crippen LogP contribution in [0, 0.1) is 0 Å². The smallest absolute Gasteiger partial charge is 0.230 e. The van der Waals surface area contributed by atoms with E-state index in [1.807, 2.05) is 38.1 Å².